The van der Waals surface area contributed by atoms with Crippen LogP contribution in [-0.4, -0.2) is 40.9 Å². The van der Waals surface area contributed by atoms with Crippen LogP contribution < -0.4 is 10.1 Å². The number of hydrogen-bond donors (Lipinski definition) is 3. The molecule has 0 saturated heterocycles. The van der Waals surface area contributed by atoms with Gasteiger partial charge in [0.15, 0.2) is 0 Å². The van der Waals surface area contributed by atoms with Gasteiger partial charge in [-0.15, -0.1) is 0 Å². The van der Waals surface area contributed by atoms with Crippen LogP contribution in [0.3, 0.4) is 0 Å². The van der Waals surface area contributed by atoms with Crippen LogP contribution in [0.5, 0.6) is 5.75 Å². The van der Waals surface area contributed by atoms with Crippen LogP contribution in [0.4, 0.5) is 4.79 Å². The molecule has 0 fully saturated rings. The second kappa shape index (κ2) is 8.67. The van der Waals surface area contributed by atoms with Crippen LogP contribution in [0, 0.1) is 0 Å². The number of aromatic amines is 1. The number of carbonyl (C=O) groups is 2. The molecule has 30 heavy (non-hydrogen) atoms. The van der Waals surface area contributed by atoms with Crippen molar-refractivity contribution in [3.05, 3.63) is 53.2 Å². The van der Waals surface area contributed by atoms with Gasteiger partial charge in [-0.1, -0.05) is 23.7 Å². The number of nitrogens with one attached hydrogen (secondary N) is 2. The van der Waals surface area contributed by atoms with Gasteiger partial charge < -0.3 is 24.9 Å². The summed E-state index contributed by atoms with van der Waals surface area (Å²) in [5.41, 5.74) is 1.87. The maximum Gasteiger partial charge on any atom is 0.407 e. The molecular weight excluding hydrogens is 408 g/mol. The number of aromatic nitrogens is 1. The third-order valence-corrected chi connectivity index (χ3v) is 4.52. The zero-order valence-electron chi connectivity index (χ0n) is 16.9. The molecule has 1 amide bonds. The molecule has 0 aliphatic carbocycles. The maximum absolute atomic E-state index is 11.6. The van der Waals surface area contributed by atoms with Gasteiger partial charge in [-0.25, -0.2) is 9.59 Å². The molecule has 3 aromatic rings. The highest BCUT2D eigenvalue weighted by atomic mass is 35.5. The summed E-state index contributed by atoms with van der Waals surface area (Å²) in [4.78, 5) is 25.9. The van der Waals surface area contributed by atoms with Crippen molar-refractivity contribution in [2.45, 2.75) is 26.4 Å². The van der Waals surface area contributed by atoms with E-state index in [1.54, 1.807) is 45.0 Å². The molecule has 0 atom stereocenters. The van der Waals surface area contributed by atoms with Crippen LogP contribution in [0.1, 0.15) is 31.1 Å². The predicted octanol–water partition coefficient (Wildman–Crippen LogP) is 5.09. The molecular formula is C22H23ClN2O5. The minimum Gasteiger partial charge on any atom is -0.492 e. The van der Waals surface area contributed by atoms with Gasteiger partial charge in [0.1, 0.15) is 18.0 Å². The highest BCUT2D eigenvalue weighted by molar-refractivity contribution is 6.34. The second-order valence-corrected chi connectivity index (χ2v) is 8.09. The average molecular weight is 431 g/mol. The van der Waals surface area contributed by atoms with Crippen molar-refractivity contribution in [1.82, 2.24) is 10.3 Å². The lowest BCUT2D eigenvalue weighted by Crippen LogP contribution is -2.34. The lowest BCUT2D eigenvalue weighted by atomic mass is 10.0. The number of carboxylic acids is 1. The number of amides is 1. The molecule has 1 heterocycles. The van der Waals surface area contributed by atoms with Crippen molar-refractivity contribution < 1.29 is 24.2 Å². The van der Waals surface area contributed by atoms with Gasteiger partial charge in [0.2, 0.25) is 0 Å². The number of benzene rings is 2. The summed E-state index contributed by atoms with van der Waals surface area (Å²) in [6.45, 7) is 5.99. The van der Waals surface area contributed by atoms with Gasteiger partial charge in [-0.05, 0) is 50.6 Å². The number of carboxylic acid groups (broad SMARTS) is 1. The predicted molar refractivity (Wildman–Crippen MR) is 115 cm³/mol. The van der Waals surface area contributed by atoms with Crippen molar-refractivity contribution >= 4 is 34.6 Å². The first kappa shape index (κ1) is 21.5. The van der Waals surface area contributed by atoms with Crippen LogP contribution >= 0.6 is 11.6 Å². The van der Waals surface area contributed by atoms with Crippen LogP contribution in [-0.2, 0) is 4.74 Å². The molecule has 0 aliphatic rings. The van der Waals surface area contributed by atoms with E-state index in [0.717, 1.165) is 11.1 Å². The molecule has 0 radical (unpaired) electrons. The number of ether oxygens (including phenoxy) is 2. The Bertz CT molecular complexity index is 1070. The van der Waals surface area contributed by atoms with E-state index in [0.29, 0.717) is 28.2 Å². The van der Waals surface area contributed by atoms with Gasteiger partial charge in [-0.2, -0.15) is 0 Å². The van der Waals surface area contributed by atoms with E-state index in [1.807, 2.05) is 12.1 Å². The Kier molecular flexibility index (Phi) is 6.22. The van der Waals surface area contributed by atoms with E-state index in [-0.39, 0.29) is 12.2 Å². The van der Waals surface area contributed by atoms with Gasteiger partial charge in [0.25, 0.3) is 0 Å². The number of fused-ring (bicyclic) bond motifs is 1. The number of halogens is 1. The third kappa shape index (κ3) is 5.24. The first-order valence-electron chi connectivity index (χ1n) is 9.38. The molecule has 3 rings (SSSR count). The minimum absolute atomic E-state index is 0.195. The van der Waals surface area contributed by atoms with E-state index < -0.39 is 17.7 Å². The van der Waals surface area contributed by atoms with Crippen molar-refractivity contribution in [1.29, 1.82) is 0 Å². The number of aromatic carboxylic acids is 1. The lowest BCUT2D eigenvalue weighted by Gasteiger charge is -2.19. The molecule has 0 spiro atoms. The Morgan fingerprint density at radius 1 is 1.17 bits per heavy atom. The summed E-state index contributed by atoms with van der Waals surface area (Å²) in [5.74, 6) is -0.368. The van der Waals surface area contributed by atoms with E-state index in [4.69, 9.17) is 21.1 Å². The molecule has 8 heteroatoms. The van der Waals surface area contributed by atoms with Crippen molar-refractivity contribution in [3.63, 3.8) is 0 Å². The third-order valence-electron chi connectivity index (χ3n) is 4.20. The average Bonchev–Trinajstić information content (AvgIpc) is 3.06. The molecule has 0 saturated carbocycles. The zero-order chi connectivity index (χ0) is 21.9. The molecule has 0 unspecified atom stereocenters. The summed E-state index contributed by atoms with van der Waals surface area (Å²) in [5, 5.41) is 13.1. The largest absolute Gasteiger partial charge is 0.492 e. The Hall–Kier alpha value is -3.19. The van der Waals surface area contributed by atoms with E-state index in [2.05, 4.69) is 10.3 Å². The Morgan fingerprint density at radius 3 is 2.50 bits per heavy atom. The molecule has 2 aromatic carbocycles. The van der Waals surface area contributed by atoms with Crippen LogP contribution in [0.15, 0.2) is 42.6 Å². The number of carbonyl (C=O) groups excluding carboxylic acids is 1. The number of rotatable bonds is 6. The maximum atomic E-state index is 11.6. The fourth-order valence-corrected chi connectivity index (χ4v) is 3.18. The summed E-state index contributed by atoms with van der Waals surface area (Å²) >= 11 is 6.39. The SMILES string of the molecule is CC(C)(C)OC(=O)NCCOc1ccc(-c2cc3c(C(=O)O)c[nH]c3cc2Cl)cc1. The quantitative estimate of drug-likeness (QED) is 0.473. The van der Waals surface area contributed by atoms with Gasteiger partial charge in [-0.3, -0.25) is 0 Å². The van der Waals surface area contributed by atoms with E-state index >= 15 is 0 Å². The van der Waals surface area contributed by atoms with E-state index in [1.165, 1.54) is 6.20 Å². The fourth-order valence-electron chi connectivity index (χ4n) is 2.91. The molecule has 7 nitrogen and oxygen atoms in total. The molecule has 0 aliphatic heterocycles. The van der Waals surface area contributed by atoms with Crippen LogP contribution in [0.25, 0.3) is 22.0 Å². The van der Waals surface area contributed by atoms with Gasteiger partial charge >= 0.3 is 12.1 Å². The molecule has 1 aromatic heterocycles. The summed E-state index contributed by atoms with van der Waals surface area (Å²) in [7, 11) is 0. The molecule has 158 valence electrons. The van der Waals surface area contributed by atoms with Crippen molar-refractivity contribution in [2.75, 3.05) is 13.2 Å². The monoisotopic (exact) mass is 430 g/mol. The smallest absolute Gasteiger partial charge is 0.407 e. The lowest BCUT2D eigenvalue weighted by molar-refractivity contribution is 0.0519. The first-order chi connectivity index (χ1) is 14.1. The number of H-pyrrole nitrogens is 1. The highest BCUT2D eigenvalue weighted by Crippen LogP contribution is 2.34. The second-order valence-electron chi connectivity index (χ2n) is 7.69. The van der Waals surface area contributed by atoms with Gasteiger partial charge in [0.05, 0.1) is 17.1 Å². The summed E-state index contributed by atoms with van der Waals surface area (Å²) in [6, 6.07) is 10.7. The number of hydrogen-bond acceptors (Lipinski definition) is 4. The molecule has 0 bridgehead atoms. The highest BCUT2D eigenvalue weighted by Gasteiger charge is 2.16. The first-order valence-corrected chi connectivity index (χ1v) is 9.76. The standard InChI is InChI=1S/C22H23ClN2O5/c1-22(2,3)30-21(28)24-8-9-29-14-6-4-13(5-7-14)15-10-16-17(20(26)27)12-25-19(16)11-18(15)23/h4-7,10-12,25H,8-9H2,1-3H3,(H,24,28)(H,26,27). The van der Waals surface area contributed by atoms with Crippen LogP contribution in [0.2, 0.25) is 5.02 Å². The Balaban J connectivity index is 1.64. The minimum atomic E-state index is -1.00. The van der Waals surface area contributed by atoms with E-state index in [9.17, 15) is 14.7 Å². The normalized spacial score (nSPS) is 11.3. The topological polar surface area (TPSA) is 101 Å². The summed E-state index contributed by atoms with van der Waals surface area (Å²) < 4.78 is 10.8. The molecule has 3 N–H and O–H groups in total. The zero-order valence-corrected chi connectivity index (χ0v) is 17.7. The van der Waals surface area contributed by atoms with Crippen molar-refractivity contribution in [2.24, 2.45) is 0 Å². The van der Waals surface area contributed by atoms with Gasteiger partial charge in [0, 0.05) is 22.7 Å². The summed E-state index contributed by atoms with van der Waals surface area (Å²) in [6.07, 6.45) is 0.965. The van der Waals surface area contributed by atoms with Crippen molar-refractivity contribution in [3.8, 4) is 16.9 Å². The Morgan fingerprint density at radius 2 is 1.87 bits per heavy atom. The fraction of sp³-hybridized carbons (Fsp3) is 0.273. The number of alkyl carbamates (subject to hydrolysis) is 1. The Labute approximate surface area is 178 Å².